The Kier molecular flexibility index (Phi) is 5.69. The topological polar surface area (TPSA) is 73.6 Å². The summed E-state index contributed by atoms with van der Waals surface area (Å²) in [6, 6.07) is 13.3. The van der Waals surface area contributed by atoms with E-state index in [1.165, 1.54) is 11.3 Å². The highest BCUT2D eigenvalue weighted by atomic mass is 32.1. The van der Waals surface area contributed by atoms with E-state index < -0.39 is 0 Å². The van der Waals surface area contributed by atoms with Gasteiger partial charge in [0.1, 0.15) is 6.54 Å². The van der Waals surface area contributed by atoms with Gasteiger partial charge in [0.15, 0.2) is 4.80 Å². The van der Waals surface area contributed by atoms with Gasteiger partial charge in [-0.05, 0) is 69.2 Å². The number of hydrogen-bond acceptors (Lipinski definition) is 5. The number of nitrogens with zero attached hydrogens (tertiary/aromatic N) is 3. The van der Waals surface area contributed by atoms with E-state index in [9.17, 15) is 9.59 Å². The molecule has 4 rings (SSSR count). The van der Waals surface area contributed by atoms with Crippen LogP contribution in [-0.4, -0.2) is 28.0 Å². The van der Waals surface area contributed by atoms with Gasteiger partial charge >= 0.3 is 5.97 Å². The molecule has 0 spiro atoms. The molecule has 2 aromatic carbocycles. The molecule has 0 atom stereocenters. The molecule has 1 amide bonds. The lowest BCUT2D eigenvalue weighted by Crippen LogP contribution is -2.23. The number of amides is 1. The Morgan fingerprint density at radius 2 is 1.90 bits per heavy atom. The number of pyridine rings is 1. The van der Waals surface area contributed by atoms with Crippen molar-refractivity contribution in [3.63, 3.8) is 0 Å². The van der Waals surface area contributed by atoms with Gasteiger partial charge in [0, 0.05) is 16.6 Å². The number of aromatic nitrogens is 2. The molecule has 2 aromatic heterocycles. The van der Waals surface area contributed by atoms with E-state index in [1.807, 2.05) is 45.0 Å². The predicted molar refractivity (Wildman–Crippen MR) is 122 cm³/mol. The maximum absolute atomic E-state index is 13.0. The van der Waals surface area contributed by atoms with Crippen LogP contribution in [0.2, 0.25) is 0 Å². The Labute approximate surface area is 183 Å². The summed E-state index contributed by atoms with van der Waals surface area (Å²) in [6.07, 6.45) is 0. The van der Waals surface area contributed by atoms with Gasteiger partial charge in [-0.25, -0.2) is 0 Å². The number of rotatable bonds is 4. The molecular weight excluding hydrogens is 410 g/mol. The Balaban J connectivity index is 1.83. The Hall–Kier alpha value is -3.32. The minimum Gasteiger partial charge on any atom is -0.465 e. The average Bonchev–Trinajstić information content (AvgIpc) is 3.04. The van der Waals surface area contributed by atoms with E-state index in [0.717, 1.165) is 37.9 Å². The van der Waals surface area contributed by atoms with Crippen molar-refractivity contribution in [3.8, 4) is 0 Å². The van der Waals surface area contributed by atoms with E-state index in [2.05, 4.69) is 16.0 Å². The molecule has 0 aliphatic heterocycles. The van der Waals surface area contributed by atoms with E-state index >= 15 is 0 Å². The zero-order valence-electron chi connectivity index (χ0n) is 17.9. The lowest BCUT2D eigenvalue weighted by Gasteiger charge is -2.07. The first kappa shape index (κ1) is 20.9. The summed E-state index contributed by atoms with van der Waals surface area (Å²) >= 11 is 1.40. The molecule has 0 saturated carbocycles. The van der Waals surface area contributed by atoms with Gasteiger partial charge < -0.3 is 9.30 Å². The summed E-state index contributed by atoms with van der Waals surface area (Å²) in [4.78, 5) is 34.6. The molecule has 0 bridgehead atoms. The fraction of sp³-hybridized carbons (Fsp3) is 0.250. The van der Waals surface area contributed by atoms with E-state index in [0.29, 0.717) is 17.0 Å². The van der Waals surface area contributed by atoms with Crippen molar-refractivity contribution < 1.29 is 14.3 Å². The maximum Gasteiger partial charge on any atom is 0.326 e. The molecule has 0 aliphatic rings. The van der Waals surface area contributed by atoms with Gasteiger partial charge in [0.25, 0.3) is 5.91 Å². The first-order chi connectivity index (χ1) is 14.9. The van der Waals surface area contributed by atoms with Crippen LogP contribution in [0.4, 0.5) is 0 Å². The highest BCUT2D eigenvalue weighted by Gasteiger charge is 2.15. The third-order valence-corrected chi connectivity index (χ3v) is 6.00. The van der Waals surface area contributed by atoms with Crippen molar-refractivity contribution in [1.29, 1.82) is 0 Å². The van der Waals surface area contributed by atoms with Crippen LogP contribution in [0.15, 0.2) is 47.5 Å². The number of thiazole rings is 1. The minimum absolute atomic E-state index is 0.00473. The normalized spacial score (nSPS) is 11.9. The number of carbonyl (C=O) groups excluding carboxylic acids is 2. The fourth-order valence-electron chi connectivity index (χ4n) is 3.67. The van der Waals surface area contributed by atoms with E-state index in [1.54, 1.807) is 23.6 Å². The van der Waals surface area contributed by atoms with Crippen molar-refractivity contribution in [1.82, 2.24) is 9.55 Å². The smallest absolute Gasteiger partial charge is 0.326 e. The molecule has 31 heavy (non-hydrogen) atoms. The highest BCUT2D eigenvalue weighted by molar-refractivity contribution is 7.16. The number of carbonyl (C=O) groups is 2. The highest BCUT2D eigenvalue weighted by Crippen LogP contribution is 2.23. The summed E-state index contributed by atoms with van der Waals surface area (Å²) < 4.78 is 7.89. The van der Waals surface area contributed by atoms with Gasteiger partial charge in [-0.1, -0.05) is 23.5 Å². The van der Waals surface area contributed by atoms with Crippen molar-refractivity contribution in [2.24, 2.45) is 4.99 Å². The van der Waals surface area contributed by atoms with Crippen molar-refractivity contribution >= 4 is 44.3 Å². The van der Waals surface area contributed by atoms with E-state index in [-0.39, 0.29) is 18.4 Å². The third-order valence-electron chi connectivity index (χ3n) is 4.98. The van der Waals surface area contributed by atoms with E-state index in [4.69, 9.17) is 4.74 Å². The van der Waals surface area contributed by atoms with Gasteiger partial charge in [0.2, 0.25) is 0 Å². The summed E-state index contributed by atoms with van der Waals surface area (Å²) in [7, 11) is 0. The summed E-state index contributed by atoms with van der Waals surface area (Å²) in [6.45, 7) is 8.03. The van der Waals surface area contributed by atoms with Crippen LogP contribution in [0, 0.1) is 20.8 Å². The molecular formula is C24H23N3O3S. The maximum atomic E-state index is 13.0. The lowest BCUT2D eigenvalue weighted by atomic mass is 10.1. The standard InChI is InChI=1S/C24H23N3O3S/c1-5-30-21(28)13-27-22-15(3)10-14(2)11-20(22)31-24(27)26-23(29)18-8-9-19-17(12-18)7-6-16(4)25-19/h6-12H,5,13H2,1-4H3. The second-order valence-electron chi connectivity index (χ2n) is 7.48. The molecule has 0 N–H and O–H groups in total. The monoisotopic (exact) mass is 433 g/mol. The molecule has 7 heteroatoms. The number of benzene rings is 2. The number of aryl methyl sites for hydroxylation is 3. The molecule has 4 aromatic rings. The van der Waals surface area contributed by atoms with Crippen LogP contribution in [0.5, 0.6) is 0 Å². The third kappa shape index (κ3) is 4.27. The first-order valence-electron chi connectivity index (χ1n) is 10.1. The second-order valence-corrected chi connectivity index (χ2v) is 8.49. The molecule has 0 aliphatic carbocycles. The molecule has 0 saturated heterocycles. The summed E-state index contributed by atoms with van der Waals surface area (Å²) in [5, 5.41) is 0.883. The van der Waals surface area contributed by atoms with Crippen LogP contribution < -0.4 is 4.80 Å². The number of fused-ring (bicyclic) bond motifs is 2. The van der Waals surface area contributed by atoms with Crippen LogP contribution in [0.1, 0.15) is 34.1 Å². The number of ether oxygens (including phenoxy) is 1. The zero-order chi connectivity index (χ0) is 22.1. The molecule has 2 heterocycles. The summed E-state index contributed by atoms with van der Waals surface area (Å²) in [5.41, 5.74) is 5.27. The zero-order valence-corrected chi connectivity index (χ0v) is 18.7. The number of esters is 1. The first-order valence-corrected chi connectivity index (χ1v) is 10.9. The molecule has 158 valence electrons. The van der Waals surface area contributed by atoms with Crippen molar-refractivity contribution in [2.45, 2.75) is 34.2 Å². The second kappa shape index (κ2) is 8.43. The van der Waals surface area contributed by atoms with Gasteiger partial charge in [0.05, 0.1) is 22.3 Å². The quantitative estimate of drug-likeness (QED) is 0.445. The Bertz CT molecular complexity index is 1400. The average molecular weight is 434 g/mol. The van der Waals surface area contributed by atoms with Crippen molar-refractivity contribution in [2.75, 3.05) is 6.61 Å². The van der Waals surface area contributed by atoms with Crippen molar-refractivity contribution in [3.05, 3.63) is 69.7 Å². The van der Waals surface area contributed by atoms with Crippen LogP contribution in [-0.2, 0) is 16.1 Å². The Morgan fingerprint density at radius 3 is 2.68 bits per heavy atom. The lowest BCUT2D eigenvalue weighted by molar-refractivity contribution is -0.143. The molecule has 0 fully saturated rings. The Morgan fingerprint density at radius 1 is 1.10 bits per heavy atom. The van der Waals surface area contributed by atoms with Crippen LogP contribution >= 0.6 is 11.3 Å². The summed E-state index contributed by atoms with van der Waals surface area (Å²) in [5.74, 6) is -0.718. The largest absolute Gasteiger partial charge is 0.465 e. The van der Waals surface area contributed by atoms with Gasteiger partial charge in [-0.3, -0.25) is 14.6 Å². The number of hydrogen-bond donors (Lipinski definition) is 0. The van der Waals surface area contributed by atoms with Crippen LogP contribution in [0.25, 0.3) is 21.1 Å². The fourth-order valence-corrected chi connectivity index (χ4v) is 4.88. The predicted octanol–water partition coefficient (Wildman–Crippen LogP) is 4.48. The molecule has 0 radical (unpaired) electrons. The minimum atomic E-state index is -0.360. The van der Waals surface area contributed by atoms with Gasteiger partial charge in [-0.15, -0.1) is 0 Å². The SMILES string of the molecule is CCOC(=O)Cn1c(=NC(=O)c2ccc3nc(C)ccc3c2)sc2cc(C)cc(C)c21. The molecule has 0 unspecified atom stereocenters. The van der Waals surface area contributed by atoms with Crippen LogP contribution in [0.3, 0.4) is 0 Å². The van der Waals surface area contributed by atoms with Gasteiger partial charge in [-0.2, -0.15) is 4.99 Å². The molecule has 6 nitrogen and oxygen atoms in total.